The average Bonchev–Trinajstić information content (AvgIpc) is 2.78. The summed E-state index contributed by atoms with van der Waals surface area (Å²) in [5.41, 5.74) is 3.67. The van der Waals surface area contributed by atoms with Crippen molar-refractivity contribution in [2.75, 3.05) is 7.05 Å². The van der Waals surface area contributed by atoms with Crippen molar-refractivity contribution < 1.29 is 14.6 Å². The predicted molar refractivity (Wildman–Crippen MR) is 114 cm³/mol. The lowest BCUT2D eigenvalue weighted by molar-refractivity contribution is 0.0420. The number of aryl methyl sites for hydroxylation is 1. The zero-order chi connectivity index (χ0) is 20.6. The molecule has 0 aliphatic heterocycles. The number of carbonyl (C=O) groups excluding carboxylic acids is 1. The first-order valence-corrected chi connectivity index (χ1v) is 9.73. The molecule has 29 heavy (non-hydrogen) atoms. The molecular weight excluding hydrogens is 364 g/mol. The number of rotatable bonds is 8. The van der Waals surface area contributed by atoms with Crippen LogP contribution in [-0.2, 0) is 6.42 Å². The Balaban J connectivity index is 1.59. The van der Waals surface area contributed by atoms with Crippen molar-refractivity contribution in [2.24, 2.45) is 0 Å². The lowest BCUT2D eigenvalue weighted by Gasteiger charge is -2.20. The van der Waals surface area contributed by atoms with E-state index in [1.54, 1.807) is 19.3 Å². The molecule has 0 aliphatic rings. The highest BCUT2D eigenvalue weighted by molar-refractivity contribution is 5.95. The third-order valence-corrected chi connectivity index (χ3v) is 4.85. The fourth-order valence-corrected chi connectivity index (χ4v) is 3.10. The van der Waals surface area contributed by atoms with Gasteiger partial charge in [0.05, 0.1) is 6.10 Å². The van der Waals surface area contributed by atoms with Gasteiger partial charge in [-0.1, -0.05) is 30.3 Å². The van der Waals surface area contributed by atoms with Gasteiger partial charge >= 0.3 is 0 Å². The van der Waals surface area contributed by atoms with E-state index in [-0.39, 0.29) is 12.0 Å². The van der Waals surface area contributed by atoms with E-state index in [1.807, 2.05) is 67.7 Å². The minimum absolute atomic E-state index is 0.110. The number of carbonyl (C=O) groups is 1. The van der Waals surface area contributed by atoms with E-state index in [2.05, 4.69) is 10.3 Å². The second-order valence-electron chi connectivity index (χ2n) is 6.97. The molecule has 0 saturated heterocycles. The lowest BCUT2D eigenvalue weighted by atomic mass is 10.0. The molecule has 3 aromatic rings. The maximum absolute atomic E-state index is 11.8. The number of nitrogens with zero attached hydrogens (tertiary/aromatic N) is 1. The first-order chi connectivity index (χ1) is 14.1. The van der Waals surface area contributed by atoms with Gasteiger partial charge in [0.25, 0.3) is 5.91 Å². The molecule has 5 nitrogen and oxygen atoms in total. The van der Waals surface area contributed by atoms with Crippen LogP contribution in [-0.4, -0.2) is 35.3 Å². The van der Waals surface area contributed by atoms with Crippen molar-refractivity contribution in [3.05, 3.63) is 84.2 Å². The smallest absolute Gasteiger partial charge is 0.251 e. The summed E-state index contributed by atoms with van der Waals surface area (Å²) in [6.07, 6.45) is 4.02. The third kappa shape index (κ3) is 5.65. The summed E-state index contributed by atoms with van der Waals surface area (Å²) in [4.78, 5) is 15.9. The van der Waals surface area contributed by atoms with Gasteiger partial charge < -0.3 is 15.2 Å². The Morgan fingerprint density at radius 1 is 1.10 bits per heavy atom. The number of aromatic nitrogens is 1. The number of nitrogens with one attached hydrogen (secondary N) is 1. The first kappa shape index (κ1) is 20.6. The van der Waals surface area contributed by atoms with Gasteiger partial charge in [-0.05, 0) is 66.8 Å². The van der Waals surface area contributed by atoms with Crippen molar-refractivity contribution in [1.29, 1.82) is 0 Å². The summed E-state index contributed by atoms with van der Waals surface area (Å²) < 4.78 is 5.91. The van der Waals surface area contributed by atoms with Crippen molar-refractivity contribution in [3.8, 4) is 16.9 Å². The predicted octanol–water partition coefficient (Wildman–Crippen LogP) is 3.87. The SMILES string of the molecule is CNC(=O)c1cccc(-c2ccc(O[C@@H](C)C(O)CCc3cccnc3)cc2)c1. The average molecular weight is 390 g/mol. The Kier molecular flexibility index (Phi) is 6.98. The molecule has 2 N–H and O–H groups in total. The molecule has 1 heterocycles. The number of benzene rings is 2. The Bertz CT molecular complexity index is 926. The summed E-state index contributed by atoms with van der Waals surface area (Å²) in [6.45, 7) is 1.87. The van der Waals surface area contributed by atoms with Crippen LogP contribution >= 0.6 is 0 Å². The van der Waals surface area contributed by atoms with Crippen LogP contribution in [0.2, 0.25) is 0 Å². The third-order valence-electron chi connectivity index (χ3n) is 4.85. The minimum Gasteiger partial charge on any atom is -0.488 e. The van der Waals surface area contributed by atoms with Crippen LogP contribution in [0.5, 0.6) is 5.75 Å². The number of hydrogen-bond donors (Lipinski definition) is 2. The van der Waals surface area contributed by atoms with Crippen LogP contribution in [0.4, 0.5) is 0 Å². The molecule has 0 spiro atoms. The minimum atomic E-state index is -0.570. The largest absolute Gasteiger partial charge is 0.488 e. The van der Waals surface area contributed by atoms with Crippen LogP contribution in [0.15, 0.2) is 73.1 Å². The quantitative estimate of drug-likeness (QED) is 0.613. The second kappa shape index (κ2) is 9.85. The fourth-order valence-electron chi connectivity index (χ4n) is 3.10. The number of amides is 1. The van der Waals surface area contributed by atoms with Gasteiger partial charge in [0.1, 0.15) is 11.9 Å². The van der Waals surface area contributed by atoms with Gasteiger partial charge in [-0.15, -0.1) is 0 Å². The standard InChI is InChI=1S/C24H26N2O3/c1-17(23(27)13-8-18-5-4-14-26-16-18)29-22-11-9-19(10-12-22)20-6-3-7-21(15-20)24(28)25-2/h3-7,9-12,14-17,23,27H,8,13H2,1-2H3,(H,25,28)/t17-,23?/m0/s1. The summed E-state index contributed by atoms with van der Waals surface area (Å²) in [7, 11) is 1.62. The Labute approximate surface area is 171 Å². The van der Waals surface area contributed by atoms with Crippen molar-refractivity contribution in [2.45, 2.75) is 32.0 Å². The van der Waals surface area contributed by atoms with E-state index in [4.69, 9.17) is 4.74 Å². The van der Waals surface area contributed by atoms with Crippen LogP contribution in [0.3, 0.4) is 0 Å². The van der Waals surface area contributed by atoms with E-state index < -0.39 is 6.10 Å². The molecule has 0 saturated carbocycles. The molecule has 150 valence electrons. The molecule has 0 bridgehead atoms. The van der Waals surface area contributed by atoms with E-state index in [1.165, 1.54) is 0 Å². The molecule has 2 aromatic carbocycles. The van der Waals surface area contributed by atoms with E-state index in [9.17, 15) is 9.90 Å². The number of ether oxygens (including phenoxy) is 1. The Hall–Kier alpha value is -3.18. The van der Waals surface area contributed by atoms with Gasteiger partial charge in [0.2, 0.25) is 0 Å². The molecule has 2 atom stereocenters. The number of hydrogen-bond acceptors (Lipinski definition) is 4. The van der Waals surface area contributed by atoms with Crippen LogP contribution in [0, 0.1) is 0 Å². The molecule has 0 fully saturated rings. The Morgan fingerprint density at radius 2 is 1.90 bits per heavy atom. The molecule has 5 heteroatoms. The highest BCUT2D eigenvalue weighted by Crippen LogP contribution is 2.24. The summed E-state index contributed by atoms with van der Waals surface area (Å²) >= 11 is 0. The molecule has 0 radical (unpaired) electrons. The monoisotopic (exact) mass is 390 g/mol. The number of aliphatic hydroxyl groups is 1. The second-order valence-corrected chi connectivity index (χ2v) is 6.97. The topological polar surface area (TPSA) is 71.5 Å². The summed E-state index contributed by atoms with van der Waals surface area (Å²) in [5.74, 6) is 0.588. The van der Waals surface area contributed by atoms with E-state index in [0.717, 1.165) is 23.1 Å². The molecular formula is C24H26N2O3. The van der Waals surface area contributed by atoms with Gasteiger partial charge in [0, 0.05) is 25.0 Å². The maximum atomic E-state index is 11.8. The van der Waals surface area contributed by atoms with Crippen LogP contribution in [0.1, 0.15) is 29.3 Å². The van der Waals surface area contributed by atoms with E-state index in [0.29, 0.717) is 17.7 Å². The van der Waals surface area contributed by atoms with Crippen LogP contribution < -0.4 is 10.1 Å². The molecule has 1 aromatic heterocycles. The van der Waals surface area contributed by atoms with Gasteiger partial charge in [-0.25, -0.2) is 0 Å². The fraction of sp³-hybridized carbons (Fsp3) is 0.250. The highest BCUT2D eigenvalue weighted by atomic mass is 16.5. The lowest BCUT2D eigenvalue weighted by Crippen LogP contribution is -2.29. The number of pyridine rings is 1. The number of aliphatic hydroxyl groups excluding tert-OH is 1. The van der Waals surface area contributed by atoms with Gasteiger partial charge in [-0.3, -0.25) is 9.78 Å². The summed E-state index contributed by atoms with van der Waals surface area (Å²) in [6, 6.07) is 19.0. The van der Waals surface area contributed by atoms with Crippen molar-refractivity contribution in [3.63, 3.8) is 0 Å². The molecule has 1 unspecified atom stereocenters. The molecule has 3 rings (SSSR count). The normalized spacial score (nSPS) is 12.8. The maximum Gasteiger partial charge on any atom is 0.251 e. The highest BCUT2D eigenvalue weighted by Gasteiger charge is 2.16. The van der Waals surface area contributed by atoms with Crippen LogP contribution in [0.25, 0.3) is 11.1 Å². The Morgan fingerprint density at radius 3 is 2.59 bits per heavy atom. The van der Waals surface area contributed by atoms with Gasteiger partial charge in [-0.2, -0.15) is 0 Å². The zero-order valence-corrected chi connectivity index (χ0v) is 16.7. The van der Waals surface area contributed by atoms with Crippen molar-refractivity contribution in [1.82, 2.24) is 10.3 Å². The summed E-state index contributed by atoms with van der Waals surface area (Å²) in [5, 5.41) is 13.0. The van der Waals surface area contributed by atoms with E-state index >= 15 is 0 Å². The van der Waals surface area contributed by atoms with Crippen molar-refractivity contribution >= 4 is 5.91 Å². The first-order valence-electron chi connectivity index (χ1n) is 9.73. The molecule has 1 amide bonds. The zero-order valence-electron chi connectivity index (χ0n) is 16.7. The molecule has 0 aliphatic carbocycles. The van der Waals surface area contributed by atoms with Gasteiger partial charge in [0.15, 0.2) is 0 Å².